The Morgan fingerprint density at radius 2 is 2.08 bits per heavy atom. The highest BCUT2D eigenvalue weighted by Gasteiger charge is 2.17. The summed E-state index contributed by atoms with van der Waals surface area (Å²) in [4.78, 5) is 27.3. The van der Waals surface area contributed by atoms with E-state index in [1.165, 1.54) is 18.3 Å². The van der Waals surface area contributed by atoms with Crippen LogP contribution >= 0.6 is 0 Å². The molecule has 4 aromatic rings. The first-order chi connectivity index (χ1) is 12.5. The van der Waals surface area contributed by atoms with Crippen molar-refractivity contribution < 1.29 is 9.72 Å². The van der Waals surface area contributed by atoms with Crippen LogP contribution in [0.5, 0.6) is 0 Å². The van der Waals surface area contributed by atoms with Gasteiger partial charge < -0.3 is 5.32 Å². The van der Waals surface area contributed by atoms with Gasteiger partial charge in [0, 0.05) is 30.3 Å². The number of nitrogens with zero attached hydrogens (tertiary/aromatic N) is 5. The molecule has 0 fully saturated rings. The Morgan fingerprint density at radius 3 is 2.88 bits per heavy atom. The third-order valence-corrected chi connectivity index (χ3v) is 4.07. The zero-order valence-electron chi connectivity index (χ0n) is 13.6. The number of anilines is 1. The number of pyridine rings is 1. The fourth-order valence-electron chi connectivity index (χ4n) is 2.79. The lowest BCUT2D eigenvalue weighted by Crippen LogP contribution is -2.12. The van der Waals surface area contributed by atoms with Crippen molar-refractivity contribution in [3.8, 4) is 0 Å². The van der Waals surface area contributed by atoms with Crippen LogP contribution < -0.4 is 5.32 Å². The van der Waals surface area contributed by atoms with Crippen LogP contribution in [0.4, 0.5) is 11.4 Å². The minimum absolute atomic E-state index is 0.112. The molecule has 0 saturated carbocycles. The molecule has 0 aliphatic carbocycles. The first-order valence-corrected chi connectivity index (χ1v) is 7.67. The minimum Gasteiger partial charge on any atom is -0.321 e. The van der Waals surface area contributed by atoms with Gasteiger partial charge in [-0.25, -0.2) is 9.67 Å². The van der Waals surface area contributed by atoms with Crippen LogP contribution in [0.1, 0.15) is 10.4 Å². The van der Waals surface area contributed by atoms with Gasteiger partial charge in [-0.15, -0.1) is 5.10 Å². The first-order valence-electron chi connectivity index (χ1n) is 7.67. The lowest BCUT2D eigenvalue weighted by Gasteiger charge is -2.09. The van der Waals surface area contributed by atoms with E-state index in [1.807, 2.05) is 0 Å². The maximum atomic E-state index is 12.6. The minimum atomic E-state index is -0.497. The second-order valence-electron chi connectivity index (χ2n) is 5.66. The van der Waals surface area contributed by atoms with E-state index in [-0.39, 0.29) is 17.1 Å². The monoisotopic (exact) mass is 348 g/mol. The molecule has 1 N–H and O–H groups in total. The van der Waals surface area contributed by atoms with E-state index in [1.54, 1.807) is 42.1 Å². The van der Waals surface area contributed by atoms with Gasteiger partial charge in [-0.3, -0.25) is 14.9 Å². The molecule has 1 amide bonds. The number of non-ortho nitro benzene ring substituents is 1. The number of amides is 1. The Kier molecular flexibility index (Phi) is 3.54. The Balaban J connectivity index is 1.73. The molecule has 0 radical (unpaired) electrons. The van der Waals surface area contributed by atoms with Gasteiger partial charge in [0.25, 0.3) is 11.6 Å². The summed E-state index contributed by atoms with van der Waals surface area (Å²) in [6.45, 7) is 0. The Labute approximate surface area is 146 Å². The van der Waals surface area contributed by atoms with Gasteiger partial charge in [0.05, 0.1) is 16.1 Å². The number of nitrogens with one attached hydrogen (secondary N) is 1. The molecule has 2 aromatic carbocycles. The number of rotatable bonds is 3. The molecule has 0 spiro atoms. The fraction of sp³-hybridized carbons (Fsp3) is 0.0588. The molecule has 0 unspecified atom stereocenters. The molecule has 9 heteroatoms. The topological polar surface area (TPSA) is 116 Å². The highest BCUT2D eigenvalue weighted by atomic mass is 16.6. The summed E-state index contributed by atoms with van der Waals surface area (Å²) in [5.74, 6) is -0.350. The average Bonchev–Trinajstić information content (AvgIpc) is 3.02. The maximum Gasteiger partial charge on any atom is 0.295 e. The third-order valence-electron chi connectivity index (χ3n) is 4.07. The Bertz CT molecular complexity index is 1180. The Hall–Kier alpha value is -3.88. The number of hydrogen-bond donors (Lipinski definition) is 1. The van der Waals surface area contributed by atoms with E-state index < -0.39 is 4.92 Å². The number of aromatic nitrogens is 4. The summed E-state index contributed by atoms with van der Waals surface area (Å²) in [5, 5.41) is 22.3. The maximum absolute atomic E-state index is 12.6. The molecule has 9 nitrogen and oxygen atoms in total. The predicted molar refractivity (Wildman–Crippen MR) is 94.9 cm³/mol. The van der Waals surface area contributed by atoms with Gasteiger partial charge >= 0.3 is 0 Å². The molecule has 0 atom stereocenters. The highest BCUT2D eigenvalue weighted by Crippen LogP contribution is 2.30. The normalized spacial score (nSPS) is 11.0. The van der Waals surface area contributed by atoms with Gasteiger partial charge in [0.2, 0.25) is 0 Å². The van der Waals surface area contributed by atoms with E-state index in [0.29, 0.717) is 22.2 Å². The van der Waals surface area contributed by atoms with Crippen LogP contribution in [-0.4, -0.2) is 30.8 Å². The summed E-state index contributed by atoms with van der Waals surface area (Å²) in [6.07, 6.45) is 1.48. The van der Waals surface area contributed by atoms with Crippen LogP contribution in [0.2, 0.25) is 0 Å². The van der Waals surface area contributed by atoms with Crippen LogP contribution in [0.25, 0.3) is 21.9 Å². The van der Waals surface area contributed by atoms with Gasteiger partial charge in [-0.1, -0.05) is 5.21 Å². The molecule has 2 aromatic heterocycles. The van der Waals surface area contributed by atoms with Crippen molar-refractivity contribution in [2.24, 2.45) is 7.05 Å². The quantitative estimate of drug-likeness (QED) is 0.449. The molecular weight excluding hydrogens is 336 g/mol. The molecule has 2 heterocycles. The van der Waals surface area contributed by atoms with E-state index in [4.69, 9.17) is 0 Å². The molecule has 0 saturated heterocycles. The summed E-state index contributed by atoms with van der Waals surface area (Å²) in [7, 11) is 1.77. The molecule has 0 aliphatic heterocycles. The van der Waals surface area contributed by atoms with Crippen molar-refractivity contribution in [2.45, 2.75) is 0 Å². The van der Waals surface area contributed by atoms with E-state index in [2.05, 4.69) is 20.6 Å². The molecule has 4 rings (SSSR count). The summed E-state index contributed by atoms with van der Waals surface area (Å²) in [5.41, 5.74) is 2.39. The summed E-state index contributed by atoms with van der Waals surface area (Å²) >= 11 is 0. The van der Waals surface area contributed by atoms with Crippen LogP contribution in [-0.2, 0) is 7.05 Å². The zero-order valence-corrected chi connectivity index (χ0v) is 13.6. The lowest BCUT2D eigenvalue weighted by molar-refractivity contribution is -0.383. The molecule has 0 bridgehead atoms. The molecular formula is C17H12N6O3. The zero-order chi connectivity index (χ0) is 18.3. The van der Waals surface area contributed by atoms with Crippen molar-refractivity contribution >= 4 is 39.2 Å². The third kappa shape index (κ3) is 2.51. The van der Waals surface area contributed by atoms with Gasteiger partial charge in [0.1, 0.15) is 11.0 Å². The number of nitro groups is 1. The summed E-state index contributed by atoms with van der Waals surface area (Å²) in [6, 6.07) is 11.2. The predicted octanol–water partition coefficient (Wildman–Crippen LogP) is 2.68. The average molecular weight is 348 g/mol. The van der Waals surface area contributed by atoms with E-state index in [0.717, 1.165) is 5.52 Å². The SMILES string of the molecule is Cn1nnc2cc(C(=O)Nc3ccc([N+](=O)[O-])c4ncccc34)ccc21. The van der Waals surface area contributed by atoms with E-state index >= 15 is 0 Å². The van der Waals surface area contributed by atoms with Gasteiger partial charge in [0.15, 0.2) is 0 Å². The smallest absolute Gasteiger partial charge is 0.295 e. The summed E-state index contributed by atoms with van der Waals surface area (Å²) < 4.78 is 1.62. The van der Waals surface area contributed by atoms with Gasteiger partial charge in [-0.2, -0.15) is 0 Å². The number of benzene rings is 2. The van der Waals surface area contributed by atoms with Crippen LogP contribution in [0.3, 0.4) is 0 Å². The fourth-order valence-corrected chi connectivity index (χ4v) is 2.79. The number of carbonyl (C=O) groups is 1. The standard InChI is InChI=1S/C17H12N6O3/c1-22-14-6-4-10(9-13(14)20-21-22)17(24)19-12-5-7-15(23(25)26)16-11(12)3-2-8-18-16/h2-9H,1H3,(H,19,24). The van der Waals surface area contributed by atoms with Gasteiger partial charge in [-0.05, 0) is 36.4 Å². The number of nitro benzene ring substituents is 1. The van der Waals surface area contributed by atoms with Crippen LogP contribution in [0.15, 0.2) is 48.7 Å². The molecule has 128 valence electrons. The molecule has 26 heavy (non-hydrogen) atoms. The van der Waals surface area contributed by atoms with Crippen molar-refractivity contribution in [2.75, 3.05) is 5.32 Å². The van der Waals surface area contributed by atoms with E-state index in [9.17, 15) is 14.9 Å². The second kappa shape index (κ2) is 5.88. The largest absolute Gasteiger partial charge is 0.321 e. The van der Waals surface area contributed by atoms with Crippen molar-refractivity contribution in [1.29, 1.82) is 0 Å². The number of fused-ring (bicyclic) bond motifs is 2. The van der Waals surface area contributed by atoms with Crippen LogP contribution in [0, 0.1) is 10.1 Å². The lowest BCUT2D eigenvalue weighted by atomic mass is 10.1. The van der Waals surface area contributed by atoms with Crippen molar-refractivity contribution in [3.63, 3.8) is 0 Å². The second-order valence-corrected chi connectivity index (χ2v) is 5.66. The van der Waals surface area contributed by atoms with Crippen molar-refractivity contribution in [1.82, 2.24) is 20.0 Å². The number of aryl methyl sites for hydroxylation is 1. The Morgan fingerprint density at radius 1 is 1.23 bits per heavy atom. The number of carbonyl (C=O) groups excluding carboxylic acids is 1. The first kappa shape index (κ1) is 15.6. The molecule has 0 aliphatic rings. The number of hydrogen-bond acceptors (Lipinski definition) is 6. The van der Waals surface area contributed by atoms with Crippen molar-refractivity contribution in [3.05, 3.63) is 64.3 Å². The highest BCUT2D eigenvalue weighted by molar-refractivity contribution is 6.10.